The number of hydrogen-bond acceptors (Lipinski definition) is 5. The van der Waals surface area contributed by atoms with Crippen LogP contribution >= 0.6 is 0 Å². The summed E-state index contributed by atoms with van der Waals surface area (Å²) in [6.45, 7) is 8.17. The maximum absolute atomic E-state index is 12.3. The van der Waals surface area contributed by atoms with Crippen LogP contribution in [-0.4, -0.2) is 25.9 Å². The molecule has 1 heterocycles. The van der Waals surface area contributed by atoms with Crippen LogP contribution in [-0.2, 0) is 13.7 Å². The molecule has 0 fully saturated rings. The van der Waals surface area contributed by atoms with Crippen LogP contribution < -0.4 is 15.2 Å². The van der Waals surface area contributed by atoms with Gasteiger partial charge >= 0.3 is 5.69 Å². The Kier molecular flexibility index (Phi) is 5.30. The van der Waals surface area contributed by atoms with E-state index in [4.69, 9.17) is 9.47 Å². The van der Waals surface area contributed by atoms with E-state index in [1.807, 2.05) is 64.1 Å². The molecular formula is C20H24N4O3. The van der Waals surface area contributed by atoms with Gasteiger partial charge in [0.15, 0.2) is 0 Å². The number of benzene rings is 2. The van der Waals surface area contributed by atoms with Crippen LogP contribution in [0.25, 0.3) is 5.69 Å². The van der Waals surface area contributed by atoms with Crippen molar-refractivity contribution in [2.24, 2.45) is 7.05 Å². The summed E-state index contributed by atoms with van der Waals surface area (Å²) in [6.07, 6.45) is -0.0155. The molecule has 0 atom stereocenters. The topological polar surface area (TPSA) is 71.2 Å². The fourth-order valence-electron chi connectivity index (χ4n) is 2.74. The smallest absolute Gasteiger partial charge is 0.368 e. The summed E-state index contributed by atoms with van der Waals surface area (Å²) in [5.41, 5.74) is 3.17. The Labute approximate surface area is 158 Å². The van der Waals surface area contributed by atoms with Crippen molar-refractivity contribution in [2.75, 3.05) is 0 Å². The van der Waals surface area contributed by atoms with E-state index in [0.29, 0.717) is 11.4 Å². The Hall–Kier alpha value is -3.09. The lowest BCUT2D eigenvalue weighted by Gasteiger charge is -2.18. The largest absolute Gasteiger partial charge is 0.491 e. The molecule has 0 saturated heterocycles. The van der Waals surface area contributed by atoms with Crippen molar-refractivity contribution in [2.45, 2.75) is 40.4 Å². The maximum atomic E-state index is 12.3. The molecule has 7 heteroatoms. The number of rotatable bonds is 6. The second-order valence-corrected chi connectivity index (χ2v) is 6.77. The third kappa shape index (κ3) is 4.02. The van der Waals surface area contributed by atoms with Crippen molar-refractivity contribution in [1.29, 1.82) is 0 Å². The quantitative estimate of drug-likeness (QED) is 0.669. The minimum absolute atomic E-state index is 0.0155. The van der Waals surface area contributed by atoms with Crippen molar-refractivity contribution in [3.05, 3.63) is 63.6 Å². The summed E-state index contributed by atoms with van der Waals surface area (Å²) in [5, 5.41) is 7.76. The molecule has 0 unspecified atom stereocenters. The lowest BCUT2D eigenvalue weighted by atomic mass is 10.1. The van der Waals surface area contributed by atoms with Gasteiger partial charge in [0.1, 0.15) is 18.1 Å². The summed E-state index contributed by atoms with van der Waals surface area (Å²) in [7, 11) is 1.56. The fraction of sp³-hybridized carbons (Fsp3) is 0.350. The highest BCUT2D eigenvalue weighted by atomic mass is 16.5. The van der Waals surface area contributed by atoms with Crippen molar-refractivity contribution >= 4 is 0 Å². The first-order valence-corrected chi connectivity index (χ1v) is 8.85. The fourth-order valence-corrected chi connectivity index (χ4v) is 2.74. The summed E-state index contributed by atoms with van der Waals surface area (Å²) in [4.78, 5) is 12.3. The normalized spacial score (nSPS) is 11.0. The second kappa shape index (κ2) is 7.65. The molecule has 0 spiro atoms. The van der Waals surface area contributed by atoms with E-state index >= 15 is 0 Å². The molecular weight excluding hydrogens is 344 g/mol. The van der Waals surface area contributed by atoms with Gasteiger partial charge < -0.3 is 9.47 Å². The van der Waals surface area contributed by atoms with Gasteiger partial charge in [0.25, 0.3) is 0 Å². The highest BCUT2D eigenvalue weighted by Gasteiger charge is 2.17. The zero-order valence-electron chi connectivity index (χ0n) is 16.3. The van der Waals surface area contributed by atoms with Gasteiger partial charge in [-0.05, 0) is 67.4 Å². The Balaban J connectivity index is 2.04. The maximum Gasteiger partial charge on any atom is 0.368 e. The highest BCUT2D eigenvalue weighted by molar-refractivity contribution is 5.49. The lowest BCUT2D eigenvalue weighted by molar-refractivity contribution is 0.230. The number of nitrogens with zero attached hydrogens (tertiary/aromatic N) is 4. The number of hydrogen-bond donors (Lipinski definition) is 0. The van der Waals surface area contributed by atoms with Gasteiger partial charge in [-0.2, -0.15) is 9.36 Å². The molecule has 0 aliphatic heterocycles. The van der Waals surface area contributed by atoms with Crippen molar-refractivity contribution in [3.63, 3.8) is 0 Å². The van der Waals surface area contributed by atoms with Gasteiger partial charge in [-0.15, -0.1) is 0 Å². The minimum Gasteiger partial charge on any atom is -0.491 e. The predicted molar refractivity (Wildman–Crippen MR) is 103 cm³/mol. The van der Waals surface area contributed by atoms with E-state index in [1.54, 1.807) is 7.05 Å². The van der Waals surface area contributed by atoms with Crippen LogP contribution in [0.3, 0.4) is 0 Å². The van der Waals surface area contributed by atoms with E-state index in [0.717, 1.165) is 22.4 Å². The average molecular weight is 368 g/mol. The van der Waals surface area contributed by atoms with Crippen LogP contribution in [0.2, 0.25) is 0 Å². The monoisotopic (exact) mass is 368 g/mol. The molecule has 142 valence electrons. The average Bonchev–Trinajstić information content (AvgIpc) is 2.95. The standard InChI is InChI=1S/C20H24N4O3/c1-13(2)27-18-8-6-7-17(24-20(25)23(5)21-22-24)16(18)12-26-19-11-14(3)9-10-15(19)4/h6-11,13H,12H2,1-5H3. The van der Waals surface area contributed by atoms with Crippen LogP contribution in [0.5, 0.6) is 11.5 Å². The Morgan fingerprint density at radius 3 is 2.52 bits per heavy atom. The summed E-state index contributed by atoms with van der Waals surface area (Å²) in [6, 6.07) is 11.6. The SMILES string of the molecule is Cc1ccc(C)c(OCc2c(OC(C)C)cccc2-n2nnn(C)c2=O)c1. The lowest BCUT2D eigenvalue weighted by Crippen LogP contribution is -2.23. The van der Waals surface area contributed by atoms with Crippen LogP contribution in [0.1, 0.15) is 30.5 Å². The van der Waals surface area contributed by atoms with Crippen molar-refractivity contribution in [3.8, 4) is 17.2 Å². The number of tetrazole rings is 1. The van der Waals surface area contributed by atoms with Gasteiger partial charge in [0.2, 0.25) is 0 Å². The molecule has 0 radical (unpaired) electrons. The van der Waals surface area contributed by atoms with E-state index in [9.17, 15) is 4.79 Å². The highest BCUT2D eigenvalue weighted by Crippen LogP contribution is 2.28. The third-order valence-electron chi connectivity index (χ3n) is 4.14. The molecule has 0 saturated carbocycles. The molecule has 3 aromatic rings. The molecule has 3 rings (SSSR count). The molecule has 7 nitrogen and oxygen atoms in total. The second-order valence-electron chi connectivity index (χ2n) is 6.77. The molecule has 1 aromatic heterocycles. The van der Waals surface area contributed by atoms with Gasteiger partial charge in [-0.3, -0.25) is 0 Å². The molecule has 2 aromatic carbocycles. The zero-order chi connectivity index (χ0) is 19.6. The molecule has 0 aliphatic carbocycles. The molecule has 0 N–H and O–H groups in total. The zero-order valence-corrected chi connectivity index (χ0v) is 16.3. The van der Waals surface area contributed by atoms with Gasteiger partial charge in [-0.25, -0.2) is 4.79 Å². The van der Waals surface area contributed by atoms with E-state index in [1.165, 1.54) is 9.36 Å². The van der Waals surface area contributed by atoms with E-state index < -0.39 is 0 Å². The number of aromatic nitrogens is 4. The molecule has 27 heavy (non-hydrogen) atoms. The summed E-state index contributed by atoms with van der Waals surface area (Å²) in [5.74, 6) is 1.46. The third-order valence-corrected chi connectivity index (χ3v) is 4.14. The first-order chi connectivity index (χ1) is 12.9. The Morgan fingerprint density at radius 1 is 1.07 bits per heavy atom. The number of ether oxygens (including phenoxy) is 2. The molecule has 0 bridgehead atoms. The van der Waals surface area contributed by atoms with E-state index in [2.05, 4.69) is 10.4 Å². The van der Waals surface area contributed by atoms with Crippen LogP contribution in [0, 0.1) is 13.8 Å². The Bertz CT molecular complexity index is 1000. The molecule has 0 amide bonds. The van der Waals surface area contributed by atoms with Crippen LogP contribution in [0.15, 0.2) is 41.2 Å². The molecule has 0 aliphatic rings. The first-order valence-electron chi connectivity index (χ1n) is 8.85. The summed E-state index contributed by atoms with van der Waals surface area (Å²) >= 11 is 0. The minimum atomic E-state index is -0.329. The van der Waals surface area contributed by atoms with Crippen molar-refractivity contribution < 1.29 is 9.47 Å². The first kappa shape index (κ1) is 18.7. The summed E-state index contributed by atoms with van der Waals surface area (Å²) < 4.78 is 14.5. The van der Waals surface area contributed by atoms with Gasteiger partial charge in [-0.1, -0.05) is 18.2 Å². The van der Waals surface area contributed by atoms with Crippen molar-refractivity contribution in [1.82, 2.24) is 19.8 Å². The predicted octanol–water partition coefficient (Wildman–Crippen LogP) is 2.95. The van der Waals surface area contributed by atoms with E-state index in [-0.39, 0.29) is 18.4 Å². The van der Waals surface area contributed by atoms with Gasteiger partial charge in [0.05, 0.1) is 17.4 Å². The van der Waals surface area contributed by atoms with Crippen LogP contribution in [0.4, 0.5) is 0 Å². The Morgan fingerprint density at radius 2 is 1.85 bits per heavy atom. The number of aryl methyl sites for hydroxylation is 3. The van der Waals surface area contributed by atoms with Gasteiger partial charge in [0, 0.05) is 7.05 Å².